The molecule has 3 rings (SSSR count). The highest BCUT2D eigenvalue weighted by molar-refractivity contribution is 6.14. The van der Waals surface area contributed by atoms with E-state index in [4.69, 9.17) is 0 Å². The van der Waals surface area contributed by atoms with E-state index in [0.29, 0.717) is 5.56 Å². The molecule has 0 spiro atoms. The van der Waals surface area contributed by atoms with Crippen LogP contribution >= 0.6 is 0 Å². The lowest BCUT2D eigenvalue weighted by Gasteiger charge is -2.02. The Kier molecular flexibility index (Phi) is 3.33. The van der Waals surface area contributed by atoms with Gasteiger partial charge in [-0.05, 0) is 35.9 Å². The Bertz CT molecular complexity index is 774. The number of carbonyl (C=O) groups is 1. The average molecular weight is 260 g/mol. The highest BCUT2D eigenvalue weighted by atomic mass is 16.1. The Labute approximate surface area is 116 Å². The first-order valence-electron chi connectivity index (χ1n) is 6.31. The number of hydrogen-bond donors (Lipinski definition) is 0. The fraction of sp³-hybridized carbons (Fsp3) is 0. The molecule has 0 aliphatic rings. The normalized spacial score (nSPS) is 11.0. The van der Waals surface area contributed by atoms with Crippen LogP contribution in [0.3, 0.4) is 0 Å². The zero-order chi connectivity index (χ0) is 13.8. The molecule has 0 bridgehead atoms. The minimum absolute atomic E-state index is 0.0274. The number of fused-ring (bicyclic) bond motifs is 1. The number of carbonyl (C=O) groups excluding carboxylic acids is 1. The Hall–Kier alpha value is -2.81. The second kappa shape index (κ2) is 5.45. The lowest BCUT2D eigenvalue weighted by atomic mass is 10.0. The van der Waals surface area contributed by atoms with Crippen molar-refractivity contribution in [2.45, 2.75) is 0 Å². The van der Waals surface area contributed by atoms with Crippen LogP contribution in [-0.2, 0) is 0 Å². The van der Waals surface area contributed by atoms with Gasteiger partial charge in [0.15, 0.2) is 5.78 Å². The predicted molar refractivity (Wildman–Crippen MR) is 79.3 cm³/mol. The molecule has 3 nitrogen and oxygen atoms in total. The summed E-state index contributed by atoms with van der Waals surface area (Å²) in [6.07, 6.45) is 8.43. The van der Waals surface area contributed by atoms with Crippen LogP contribution in [0.2, 0.25) is 0 Å². The van der Waals surface area contributed by atoms with E-state index in [9.17, 15) is 4.79 Å². The first-order valence-corrected chi connectivity index (χ1v) is 6.31. The van der Waals surface area contributed by atoms with Gasteiger partial charge in [0, 0.05) is 29.5 Å². The number of ketones is 1. The Balaban J connectivity index is 1.95. The van der Waals surface area contributed by atoms with Gasteiger partial charge in [-0.2, -0.15) is 0 Å². The van der Waals surface area contributed by atoms with Gasteiger partial charge in [0.25, 0.3) is 0 Å². The second-order valence-electron chi connectivity index (χ2n) is 4.35. The lowest BCUT2D eigenvalue weighted by Crippen LogP contribution is -1.96. The van der Waals surface area contributed by atoms with Gasteiger partial charge < -0.3 is 0 Å². The number of rotatable bonds is 3. The first kappa shape index (κ1) is 12.2. The fourth-order valence-corrected chi connectivity index (χ4v) is 2.05. The lowest BCUT2D eigenvalue weighted by molar-refractivity contribution is 0.104. The van der Waals surface area contributed by atoms with Crippen molar-refractivity contribution in [3.05, 3.63) is 78.3 Å². The summed E-state index contributed by atoms with van der Waals surface area (Å²) in [6.45, 7) is 0. The topological polar surface area (TPSA) is 42.9 Å². The highest BCUT2D eigenvalue weighted by Crippen LogP contribution is 2.17. The molecule has 0 amide bonds. The predicted octanol–water partition coefficient (Wildman–Crippen LogP) is 3.53. The smallest absolute Gasteiger partial charge is 0.186 e. The van der Waals surface area contributed by atoms with Crippen LogP contribution in [0.25, 0.3) is 17.0 Å². The van der Waals surface area contributed by atoms with Gasteiger partial charge in [-0.1, -0.05) is 24.3 Å². The van der Waals surface area contributed by atoms with Crippen molar-refractivity contribution in [3.63, 3.8) is 0 Å². The number of pyridine rings is 2. The van der Waals surface area contributed by atoms with Crippen molar-refractivity contribution in [1.29, 1.82) is 0 Å². The molecule has 0 N–H and O–H groups in total. The number of benzene rings is 1. The number of hydrogen-bond acceptors (Lipinski definition) is 3. The summed E-state index contributed by atoms with van der Waals surface area (Å²) in [7, 11) is 0. The molecule has 96 valence electrons. The summed E-state index contributed by atoms with van der Waals surface area (Å²) < 4.78 is 0. The van der Waals surface area contributed by atoms with E-state index in [1.807, 2.05) is 36.4 Å². The number of aromatic nitrogens is 2. The molecule has 0 radical (unpaired) electrons. The van der Waals surface area contributed by atoms with Crippen LogP contribution in [0.15, 0.2) is 67.1 Å². The number of para-hydroxylation sites is 1. The zero-order valence-electron chi connectivity index (χ0n) is 10.7. The molecule has 0 saturated carbocycles. The number of nitrogens with zero attached hydrogens (tertiary/aromatic N) is 2. The van der Waals surface area contributed by atoms with Gasteiger partial charge in [-0.3, -0.25) is 14.8 Å². The van der Waals surface area contributed by atoms with E-state index in [2.05, 4.69) is 9.97 Å². The Morgan fingerprint density at radius 3 is 2.60 bits per heavy atom. The van der Waals surface area contributed by atoms with Gasteiger partial charge in [-0.25, -0.2) is 0 Å². The molecule has 20 heavy (non-hydrogen) atoms. The summed E-state index contributed by atoms with van der Waals surface area (Å²) in [5.74, 6) is -0.0274. The molecule has 0 fully saturated rings. The van der Waals surface area contributed by atoms with Gasteiger partial charge in [0.2, 0.25) is 0 Å². The molecule has 3 heteroatoms. The van der Waals surface area contributed by atoms with Gasteiger partial charge in [-0.15, -0.1) is 0 Å². The third-order valence-corrected chi connectivity index (χ3v) is 3.05. The van der Waals surface area contributed by atoms with Gasteiger partial charge in [0.05, 0.1) is 5.52 Å². The maximum absolute atomic E-state index is 12.3. The summed E-state index contributed by atoms with van der Waals surface area (Å²) in [6, 6.07) is 13.1. The van der Waals surface area contributed by atoms with Crippen LogP contribution in [0, 0.1) is 0 Å². The van der Waals surface area contributed by atoms with Crippen LogP contribution in [0.5, 0.6) is 0 Å². The minimum atomic E-state index is -0.0274. The third kappa shape index (κ3) is 2.47. The standard InChI is InChI=1S/C17H12N2O/c20-17(6-5-13-7-10-18-11-8-13)15-9-12-19-16-4-2-1-3-14(15)16/h1-12H. The number of allylic oxidation sites excluding steroid dienone is 1. The van der Waals surface area contributed by atoms with Crippen LogP contribution < -0.4 is 0 Å². The van der Waals surface area contributed by atoms with E-state index in [0.717, 1.165) is 16.5 Å². The molecular weight excluding hydrogens is 248 g/mol. The molecule has 3 aromatic rings. The van der Waals surface area contributed by atoms with E-state index in [1.165, 1.54) is 0 Å². The van der Waals surface area contributed by atoms with Gasteiger partial charge in [0.1, 0.15) is 0 Å². The molecule has 1 aromatic carbocycles. The van der Waals surface area contributed by atoms with Gasteiger partial charge >= 0.3 is 0 Å². The minimum Gasteiger partial charge on any atom is -0.289 e. The molecule has 2 heterocycles. The maximum atomic E-state index is 12.3. The van der Waals surface area contributed by atoms with E-state index in [1.54, 1.807) is 36.8 Å². The zero-order valence-corrected chi connectivity index (χ0v) is 10.7. The summed E-state index contributed by atoms with van der Waals surface area (Å²) >= 11 is 0. The Morgan fingerprint density at radius 2 is 1.75 bits per heavy atom. The van der Waals surface area contributed by atoms with Crippen molar-refractivity contribution >= 4 is 22.8 Å². The summed E-state index contributed by atoms with van der Waals surface area (Å²) in [5.41, 5.74) is 2.45. The van der Waals surface area contributed by atoms with Crippen LogP contribution in [0.4, 0.5) is 0 Å². The van der Waals surface area contributed by atoms with E-state index >= 15 is 0 Å². The average Bonchev–Trinajstić information content (AvgIpc) is 2.53. The molecule has 0 aliphatic heterocycles. The molecule has 0 atom stereocenters. The van der Waals surface area contributed by atoms with Crippen molar-refractivity contribution in [1.82, 2.24) is 9.97 Å². The van der Waals surface area contributed by atoms with Crippen molar-refractivity contribution in [2.24, 2.45) is 0 Å². The maximum Gasteiger partial charge on any atom is 0.186 e. The van der Waals surface area contributed by atoms with Crippen molar-refractivity contribution in [3.8, 4) is 0 Å². The molecule has 0 saturated heterocycles. The molecule has 2 aromatic heterocycles. The Morgan fingerprint density at radius 1 is 0.950 bits per heavy atom. The summed E-state index contributed by atoms with van der Waals surface area (Å²) in [4.78, 5) is 20.5. The third-order valence-electron chi connectivity index (χ3n) is 3.05. The SMILES string of the molecule is O=C(C=Cc1ccncc1)c1ccnc2ccccc12. The van der Waals surface area contributed by atoms with Crippen molar-refractivity contribution in [2.75, 3.05) is 0 Å². The van der Waals surface area contributed by atoms with Crippen LogP contribution in [-0.4, -0.2) is 15.8 Å². The largest absolute Gasteiger partial charge is 0.289 e. The molecule has 0 aliphatic carbocycles. The van der Waals surface area contributed by atoms with E-state index < -0.39 is 0 Å². The first-order chi connectivity index (χ1) is 9.84. The molecular formula is C17H12N2O. The van der Waals surface area contributed by atoms with E-state index in [-0.39, 0.29) is 5.78 Å². The monoisotopic (exact) mass is 260 g/mol. The fourth-order valence-electron chi connectivity index (χ4n) is 2.05. The summed E-state index contributed by atoms with van der Waals surface area (Å²) in [5, 5.41) is 0.874. The van der Waals surface area contributed by atoms with Crippen LogP contribution in [0.1, 0.15) is 15.9 Å². The molecule has 0 unspecified atom stereocenters. The second-order valence-corrected chi connectivity index (χ2v) is 4.35. The quantitative estimate of drug-likeness (QED) is 0.534. The highest BCUT2D eigenvalue weighted by Gasteiger charge is 2.06. The van der Waals surface area contributed by atoms with Crippen molar-refractivity contribution < 1.29 is 4.79 Å².